The van der Waals surface area contributed by atoms with Gasteiger partial charge in [0.25, 0.3) is 0 Å². The maximum absolute atomic E-state index is 6.68. The second kappa shape index (κ2) is 12.0. The van der Waals surface area contributed by atoms with Crippen LogP contribution in [-0.4, -0.2) is 4.57 Å². The van der Waals surface area contributed by atoms with E-state index in [1.54, 1.807) is 0 Å². The van der Waals surface area contributed by atoms with Crippen LogP contribution in [0.2, 0.25) is 0 Å². The van der Waals surface area contributed by atoms with E-state index in [1.165, 1.54) is 21.8 Å². The Morgan fingerprint density at radius 2 is 1.00 bits per heavy atom. The van der Waals surface area contributed by atoms with E-state index in [2.05, 4.69) is 191 Å². The molecule has 0 saturated heterocycles. The number of para-hydroxylation sites is 4. The lowest BCUT2D eigenvalue weighted by atomic mass is 10.0. The lowest BCUT2D eigenvalue weighted by Crippen LogP contribution is -2.10. The SMILES string of the molecule is c1cc(-c2ccc(N(c3cccc4c3oc3ccccc34)c3cccc4oc5c6ccccc6ccc5c34)cc2)cc(-n2c3ccccc3c3ccccc32)c1. The van der Waals surface area contributed by atoms with Crippen LogP contribution in [0.5, 0.6) is 0 Å². The predicted octanol–water partition coefficient (Wildman–Crippen LogP) is 14.9. The fourth-order valence-electron chi connectivity index (χ4n) is 8.87. The lowest BCUT2D eigenvalue weighted by Gasteiger charge is -2.26. The number of nitrogens with zero attached hydrogens (tertiary/aromatic N) is 2. The van der Waals surface area contributed by atoms with Crippen molar-refractivity contribution in [2.45, 2.75) is 0 Å². The third kappa shape index (κ3) is 4.53. The molecular formula is C52H32N2O2. The number of rotatable bonds is 5. The predicted molar refractivity (Wildman–Crippen MR) is 233 cm³/mol. The molecule has 0 bridgehead atoms. The van der Waals surface area contributed by atoms with Crippen molar-refractivity contribution in [2.24, 2.45) is 0 Å². The Hall–Kier alpha value is -7.56. The highest BCUT2D eigenvalue weighted by atomic mass is 16.3. The Bertz CT molecular complexity index is 3440. The second-order valence-electron chi connectivity index (χ2n) is 14.5. The van der Waals surface area contributed by atoms with Gasteiger partial charge in [-0.25, -0.2) is 0 Å². The highest BCUT2D eigenvalue weighted by molar-refractivity contribution is 6.20. The molecule has 3 aromatic heterocycles. The van der Waals surface area contributed by atoms with Gasteiger partial charge in [-0.15, -0.1) is 0 Å². The molecular weight excluding hydrogens is 685 g/mol. The van der Waals surface area contributed by atoms with Gasteiger partial charge in [0.05, 0.1) is 27.8 Å². The van der Waals surface area contributed by atoms with Crippen LogP contribution in [0, 0.1) is 0 Å². The minimum Gasteiger partial charge on any atom is -0.455 e. The zero-order chi connectivity index (χ0) is 36.7. The molecule has 0 N–H and O–H groups in total. The molecule has 56 heavy (non-hydrogen) atoms. The van der Waals surface area contributed by atoms with Crippen molar-refractivity contribution < 1.29 is 8.83 Å². The standard InChI is InChI=1S/C52H32N2O2/c1-2-15-38-34(12-1)28-31-43-50-46(22-11-25-49(50)56-51(38)43)53(47-23-10-19-42-41-18-5-8-24-48(41)55-52(42)47)36-29-26-33(27-30-36)35-13-9-14-37(32-35)54-44-20-6-3-16-39(44)40-17-4-7-21-45(40)54/h1-32H. The normalized spacial score (nSPS) is 11.9. The smallest absolute Gasteiger partial charge is 0.159 e. The fraction of sp³-hybridized carbons (Fsp3) is 0. The van der Waals surface area contributed by atoms with Crippen LogP contribution in [0.3, 0.4) is 0 Å². The van der Waals surface area contributed by atoms with E-state index < -0.39 is 0 Å². The van der Waals surface area contributed by atoms with E-state index in [4.69, 9.17) is 8.83 Å². The molecule has 0 aliphatic heterocycles. The number of hydrogen-bond donors (Lipinski definition) is 0. The molecule has 0 amide bonds. The van der Waals surface area contributed by atoms with Gasteiger partial charge in [0.1, 0.15) is 16.7 Å². The van der Waals surface area contributed by atoms with Crippen molar-refractivity contribution in [3.05, 3.63) is 194 Å². The van der Waals surface area contributed by atoms with Gasteiger partial charge >= 0.3 is 0 Å². The van der Waals surface area contributed by atoms with Gasteiger partial charge in [0.15, 0.2) is 5.58 Å². The first-order valence-corrected chi connectivity index (χ1v) is 19.0. The molecule has 0 spiro atoms. The summed E-state index contributed by atoms with van der Waals surface area (Å²) >= 11 is 0. The van der Waals surface area contributed by atoms with Crippen LogP contribution >= 0.6 is 0 Å². The third-order valence-corrected chi connectivity index (χ3v) is 11.4. The van der Waals surface area contributed by atoms with Crippen molar-refractivity contribution in [2.75, 3.05) is 4.90 Å². The van der Waals surface area contributed by atoms with Crippen LogP contribution in [0.1, 0.15) is 0 Å². The molecule has 0 atom stereocenters. The average molecular weight is 717 g/mol. The summed E-state index contributed by atoms with van der Waals surface area (Å²) in [5.41, 5.74) is 12.3. The Morgan fingerprint density at radius 3 is 1.82 bits per heavy atom. The summed E-state index contributed by atoms with van der Waals surface area (Å²) in [5, 5.41) is 9.09. The van der Waals surface area contributed by atoms with Crippen LogP contribution in [0.4, 0.5) is 17.1 Å². The van der Waals surface area contributed by atoms with Gasteiger partial charge in [-0.3, -0.25) is 0 Å². The van der Waals surface area contributed by atoms with Crippen molar-refractivity contribution in [1.82, 2.24) is 4.57 Å². The Kier molecular flexibility index (Phi) is 6.60. The largest absolute Gasteiger partial charge is 0.455 e. The number of aromatic nitrogens is 1. The molecule has 262 valence electrons. The van der Waals surface area contributed by atoms with Crippen LogP contribution in [0.15, 0.2) is 203 Å². The van der Waals surface area contributed by atoms with Crippen LogP contribution in [-0.2, 0) is 0 Å². The topological polar surface area (TPSA) is 34.5 Å². The Labute approximate surface area is 321 Å². The molecule has 0 aliphatic carbocycles. The first-order chi connectivity index (χ1) is 27.8. The van der Waals surface area contributed by atoms with E-state index >= 15 is 0 Å². The van der Waals surface area contributed by atoms with Crippen molar-refractivity contribution >= 4 is 93.5 Å². The molecule has 3 heterocycles. The molecule has 0 radical (unpaired) electrons. The summed E-state index contributed by atoms with van der Waals surface area (Å²) in [5.74, 6) is 0. The second-order valence-corrected chi connectivity index (χ2v) is 14.5. The minimum absolute atomic E-state index is 0.840. The van der Waals surface area contributed by atoms with Gasteiger partial charge in [-0.2, -0.15) is 0 Å². The van der Waals surface area contributed by atoms with E-state index in [0.717, 1.165) is 88.5 Å². The minimum atomic E-state index is 0.840. The molecule has 4 nitrogen and oxygen atoms in total. The molecule has 0 fully saturated rings. The number of benzene rings is 9. The highest BCUT2D eigenvalue weighted by Crippen LogP contribution is 2.47. The molecule has 12 aromatic rings. The Morgan fingerprint density at radius 1 is 0.375 bits per heavy atom. The van der Waals surface area contributed by atoms with Gasteiger partial charge in [0, 0.05) is 43.7 Å². The van der Waals surface area contributed by atoms with Crippen LogP contribution in [0.25, 0.3) is 93.3 Å². The highest BCUT2D eigenvalue weighted by Gasteiger charge is 2.24. The molecule has 9 aromatic carbocycles. The fourth-order valence-corrected chi connectivity index (χ4v) is 8.87. The van der Waals surface area contributed by atoms with Gasteiger partial charge in [-0.1, -0.05) is 127 Å². The van der Waals surface area contributed by atoms with E-state index in [-0.39, 0.29) is 0 Å². The summed E-state index contributed by atoms with van der Waals surface area (Å²) in [6, 6.07) is 68.9. The quantitative estimate of drug-likeness (QED) is 0.178. The summed E-state index contributed by atoms with van der Waals surface area (Å²) in [6.45, 7) is 0. The van der Waals surface area contributed by atoms with Crippen LogP contribution < -0.4 is 4.90 Å². The van der Waals surface area contributed by atoms with Gasteiger partial charge in [0.2, 0.25) is 0 Å². The monoisotopic (exact) mass is 716 g/mol. The maximum Gasteiger partial charge on any atom is 0.159 e. The number of fused-ring (bicyclic) bond motifs is 11. The zero-order valence-electron chi connectivity index (χ0n) is 30.2. The lowest BCUT2D eigenvalue weighted by molar-refractivity contribution is 0.669. The van der Waals surface area contributed by atoms with Crippen molar-refractivity contribution in [1.29, 1.82) is 0 Å². The third-order valence-electron chi connectivity index (χ3n) is 11.4. The summed E-state index contributed by atoms with van der Waals surface area (Å²) in [4.78, 5) is 2.33. The number of furan rings is 2. The van der Waals surface area contributed by atoms with Crippen molar-refractivity contribution in [3.63, 3.8) is 0 Å². The van der Waals surface area contributed by atoms with E-state index in [0.29, 0.717) is 0 Å². The molecule has 12 rings (SSSR count). The summed E-state index contributed by atoms with van der Waals surface area (Å²) in [6.07, 6.45) is 0. The van der Waals surface area contributed by atoms with E-state index in [1.807, 2.05) is 12.1 Å². The number of hydrogen-bond acceptors (Lipinski definition) is 3. The van der Waals surface area contributed by atoms with Gasteiger partial charge in [-0.05, 0) is 83.2 Å². The molecule has 0 aliphatic rings. The van der Waals surface area contributed by atoms with Gasteiger partial charge < -0.3 is 18.3 Å². The zero-order valence-corrected chi connectivity index (χ0v) is 30.2. The Balaban J connectivity index is 1.05. The average Bonchev–Trinajstić information content (AvgIpc) is 3.95. The first-order valence-electron chi connectivity index (χ1n) is 19.0. The molecule has 4 heteroatoms. The molecule has 0 unspecified atom stereocenters. The first kappa shape index (κ1) is 30.9. The summed E-state index contributed by atoms with van der Waals surface area (Å²) in [7, 11) is 0. The van der Waals surface area contributed by atoms with E-state index in [9.17, 15) is 0 Å². The number of anilines is 3. The summed E-state index contributed by atoms with van der Waals surface area (Å²) < 4.78 is 15.7. The van der Waals surface area contributed by atoms with Crippen molar-refractivity contribution in [3.8, 4) is 16.8 Å². The maximum atomic E-state index is 6.68. The molecule has 0 saturated carbocycles.